The van der Waals surface area contributed by atoms with Crippen LogP contribution in [0, 0.1) is 6.92 Å². The first-order valence-electron chi connectivity index (χ1n) is 11.0. The molecule has 1 atom stereocenters. The topological polar surface area (TPSA) is 71.5 Å². The lowest BCUT2D eigenvalue weighted by Gasteiger charge is -2.36. The van der Waals surface area contributed by atoms with Crippen LogP contribution in [0.2, 0.25) is 0 Å². The zero-order chi connectivity index (χ0) is 22.5. The van der Waals surface area contributed by atoms with Crippen molar-refractivity contribution in [1.82, 2.24) is 19.9 Å². The van der Waals surface area contributed by atoms with Crippen molar-refractivity contribution < 1.29 is 9.53 Å². The van der Waals surface area contributed by atoms with Gasteiger partial charge in [0.1, 0.15) is 5.75 Å². The number of aromatic nitrogens is 3. The van der Waals surface area contributed by atoms with Crippen LogP contribution in [0.3, 0.4) is 0 Å². The van der Waals surface area contributed by atoms with Crippen molar-refractivity contribution in [2.75, 3.05) is 32.1 Å². The van der Waals surface area contributed by atoms with E-state index in [1.54, 1.807) is 6.20 Å². The summed E-state index contributed by atoms with van der Waals surface area (Å²) in [4.78, 5) is 30.8. The molecule has 0 N–H and O–H groups in total. The van der Waals surface area contributed by atoms with E-state index in [4.69, 9.17) is 9.72 Å². The Balaban J connectivity index is 1.68. The average Bonchev–Trinajstić information content (AvgIpc) is 2.83. The SMILES string of the molecule is Cc1cnccc1-c1cnc(N(C)C)nc1[C@@H]1CCCCN1C(=O)COc1ccccc1. The first-order chi connectivity index (χ1) is 15.5. The number of pyridine rings is 1. The maximum Gasteiger partial charge on any atom is 0.261 e. The highest BCUT2D eigenvalue weighted by atomic mass is 16.5. The molecule has 7 heteroatoms. The summed E-state index contributed by atoms with van der Waals surface area (Å²) in [6.07, 6.45) is 8.38. The fourth-order valence-corrected chi connectivity index (χ4v) is 4.10. The lowest BCUT2D eigenvalue weighted by Crippen LogP contribution is -2.41. The maximum atomic E-state index is 13.2. The summed E-state index contributed by atoms with van der Waals surface area (Å²) in [6.45, 7) is 2.73. The summed E-state index contributed by atoms with van der Waals surface area (Å²) in [5, 5.41) is 0. The molecule has 0 unspecified atom stereocenters. The summed E-state index contributed by atoms with van der Waals surface area (Å²) in [7, 11) is 3.85. The van der Waals surface area contributed by atoms with Crippen molar-refractivity contribution in [2.24, 2.45) is 0 Å². The van der Waals surface area contributed by atoms with E-state index in [1.807, 2.05) is 79.6 Å². The average molecular weight is 432 g/mol. The van der Waals surface area contributed by atoms with Crippen LogP contribution in [0.5, 0.6) is 5.75 Å². The standard InChI is InChI=1S/C25H29N5O2/c1-18-15-26-13-12-20(18)21-16-27-25(29(2)3)28-24(21)22-11-7-8-14-30(22)23(31)17-32-19-9-5-4-6-10-19/h4-6,9-10,12-13,15-16,22H,7-8,11,14,17H2,1-3H3/t22-/m0/s1. The number of para-hydroxylation sites is 1. The Hall–Kier alpha value is -3.48. The second-order valence-electron chi connectivity index (χ2n) is 8.25. The minimum atomic E-state index is -0.125. The molecule has 1 aliphatic rings. The van der Waals surface area contributed by atoms with Crippen molar-refractivity contribution in [3.05, 3.63) is 66.2 Å². The molecule has 4 rings (SSSR count). The maximum absolute atomic E-state index is 13.2. The van der Waals surface area contributed by atoms with Gasteiger partial charge in [-0.15, -0.1) is 0 Å². The number of hydrogen-bond donors (Lipinski definition) is 0. The number of ether oxygens (including phenoxy) is 1. The van der Waals surface area contributed by atoms with Crippen LogP contribution in [-0.2, 0) is 4.79 Å². The third-order valence-electron chi connectivity index (χ3n) is 5.76. The molecule has 7 nitrogen and oxygen atoms in total. The monoisotopic (exact) mass is 431 g/mol. The third-order valence-corrected chi connectivity index (χ3v) is 5.76. The second kappa shape index (κ2) is 9.77. The fraction of sp³-hybridized carbons (Fsp3) is 0.360. The molecule has 1 aliphatic heterocycles. The third kappa shape index (κ3) is 4.72. The number of rotatable bonds is 6. The number of nitrogens with zero attached hydrogens (tertiary/aromatic N) is 5. The van der Waals surface area contributed by atoms with Crippen LogP contribution in [-0.4, -0.2) is 53.0 Å². The molecule has 3 heterocycles. The summed E-state index contributed by atoms with van der Waals surface area (Å²) in [6, 6.07) is 11.3. The van der Waals surface area contributed by atoms with Gasteiger partial charge in [0.05, 0.1) is 11.7 Å². The van der Waals surface area contributed by atoms with E-state index in [1.165, 1.54) is 0 Å². The number of benzene rings is 1. The van der Waals surface area contributed by atoms with Gasteiger partial charge in [-0.1, -0.05) is 18.2 Å². The summed E-state index contributed by atoms with van der Waals surface area (Å²) in [5.41, 5.74) is 3.92. The Morgan fingerprint density at radius 3 is 2.69 bits per heavy atom. The highest BCUT2D eigenvalue weighted by Gasteiger charge is 2.32. The highest BCUT2D eigenvalue weighted by Crippen LogP contribution is 2.37. The van der Waals surface area contributed by atoms with Crippen molar-refractivity contribution in [3.8, 4) is 16.9 Å². The number of carbonyl (C=O) groups is 1. The van der Waals surface area contributed by atoms with Gasteiger partial charge in [-0.2, -0.15) is 0 Å². The minimum absolute atomic E-state index is 0.00968. The van der Waals surface area contributed by atoms with E-state index in [0.29, 0.717) is 18.2 Å². The molecule has 0 radical (unpaired) electrons. The molecule has 32 heavy (non-hydrogen) atoms. The predicted molar refractivity (Wildman–Crippen MR) is 125 cm³/mol. The van der Waals surface area contributed by atoms with Gasteiger partial charge in [-0.3, -0.25) is 9.78 Å². The molecule has 1 saturated heterocycles. The van der Waals surface area contributed by atoms with E-state index in [9.17, 15) is 4.79 Å². The van der Waals surface area contributed by atoms with Crippen molar-refractivity contribution in [1.29, 1.82) is 0 Å². The van der Waals surface area contributed by atoms with E-state index in [0.717, 1.165) is 41.6 Å². The number of likely N-dealkylation sites (tertiary alicyclic amines) is 1. The van der Waals surface area contributed by atoms with E-state index in [-0.39, 0.29) is 18.6 Å². The highest BCUT2D eigenvalue weighted by molar-refractivity contribution is 5.79. The molecule has 3 aromatic rings. The van der Waals surface area contributed by atoms with Crippen molar-refractivity contribution in [2.45, 2.75) is 32.2 Å². The number of carbonyl (C=O) groups excluding carboxylic acids is 1. The van der Waals surface area contributed by atoms with Gasteiger partial charge < -0.3 is 14.5 Å². The molecule has 1 fully saturated rings. The quantitative estimate of drug-likeness (QED) is 0.586. The van der Waals surface area contributed by atoms with E-state index >= 15 is 0 Å². The summed E-state index contributed by atoms with van der Waals surface area (Å²) >= 11 is 0. The van der Waals surface area contributed by atoms with Crippen molar-refractivity contribution in [3.63, 3.8) is 0 Å². The molecule has 0 aliphatic carbocycles. The smallest absolute Gasteiger partial charge is 0.261 e. The first-order valence-corrected chi connectivity index (χ1v) is 11.0. The molecule has 2 aromatic heterocycles. The van der Waals surface area contributed by atoms with Crippen LogP contribution in [0.25, 0.3) is 11.1 Å². The van der Waals surface area contributed by atoms with Crippen LogP contribution in [0.15, 0.2) is 55.0 Å². The minimum Gasteiger partial charge on any atom is -0.484 e. The molecule has 0 saturated carbocycles. The number of hydrogen-bond acceptors (Lipinski definition) is 6. The molecular weight excluding hydrogens is 402 g/mol. The van der Waals surface area contributed by atoms with E-state index in [2.05, 4.69) is 9.97 Å². The Kier molecular flexibility index (Phi) is 6.63. The van der Waals surface area contributed by atoms with Gasteiger partial charge in [-0.05, 0) is 55.5 Å². The van der Waals surface area contributed by atoms with Gasteiger partial charge >= 0.3 is 0 Å². The summed E-state index contributed by atoms with van der Waals surface area (Å²) in [5.74, 6) is 1.30. The molecule has 166 valence electrons. The Labute approximate surface area is 189 Å². The van der Waals surface area contributed by atoms with E-state index < -0.39 is 0 Å². The lowest BCUT2D eigenvalue weighted by atomic mass is 9.93. The Bertz CT molecular complexity index is 1070. The molecular formula is C25H29N5O2. The number of anilines is 1. The van der Waals surface area contributed by atoms with Crippen LogP contribution < -0.4 is 9.64 Å². The van der Waals surface area contributed by atoms with Gasteiger partial charge in [0, 0.05) is 44.8 Å². The largest absolute Gasteiger partial charge is 0.484 e. The molecule has 1 aromatic carbocycles. The first kappa shape index (κ1) is 21.7. The van der Waals surface area contributed by atoms with Gasteiger partial charge in [0.2, 0.25) is 5.95 Å². The number of amides is 1. The normalized spacial score (nSPS) is 16.0. The van der Waals surface area contributed by atoms with Gasteiger partial charge in [-0.25, -0.2) is 9.97 Å². The molecule has 0 spiro atoms. The van der Waals surface area contributed by atoms with Crippen LogP contribution in [0.4, 0.5) is 5.95 Å². The van der Waals surface area contributed by atoms with Crippen LogP contribution in [0.1, 0.15) is 36.6 Å². The Morgan fingerprint density at radius 1 is 1.12 bits per heavy atom. The Morgan fingerprint density at radius 2 is 1.94 bits per heavy atom. The van der Waals surface area contributed by atoms with Gasteiger partial charge in [0.15, 0.2) is 6.61 Å². The fourth-order valence-electron chi connectivity index (χ4n) is 4.10. The summed E-state index contributed by atoms with van der Waals surface area (Å²) < 4.78 is 5.76. The number of aryl methyl sites for hydroxylation is 1. The lowest BCUT2D eigenvalue weighted by molar-refractivity contribution is -0.137. The predicted octanol–water partition coefficient (Wildman–Crippen LogP) is 4.05. The molecule has 0 bridgehead atoms. The van der Waals surface area contributed by atoms with Crippen LogP contribution >= 0.6 is 0 Å². The van der Waals surface area contributed by atoms with Crippen molar-refractivity contribution >= 4 is 11.9 Å². The number of piperidine rings is 1. The van der Waals surface area contributed by atoms with Gasteiger partial charge in [0.25, 0.3) is 5.91 Å². The molecule has 1 amide bonds. The zero-order valence-corrected chi connectivity index (χ0v) is 18.9. The second-order valence-corrected chi connectivity index (χ2v) is 8.25. The zero-order valence-electron chi connectivity index (χ0n) is 18.9.